The first kappa shape index (κ1) is 14.6. The van der Waals surface area contributed by atoms with Gasteiger partial charge in [0.15, 0.2) is 0 Å². The van der Waals surface area contributed by atoms with Crippen molar-refractivity contribution in [2.75, 3.05) is 6.54 Å². The second kappa shape index (κ2) is 8.37. The van der Waals surface area contributed by atoms with E-state index >= 15 is 0 Å². The number of benzene rings is 1. The lowest BCUT2D eigenvalue weighted by Crippen LogP contribution is -2.30. The number of aryl methyl sites for hydroxylation is 1. The van der Waals surface area contributed by atoms with E-state index in [9.17, 15) is 0 Å². The predicted molar refractivity (Wildman–Crippen MR) is 83.4 cm³/mol. The van der Waals surface area contributed by atoms with Crippen molar-refractivity contribution in [3.05, 3.63) is 35.9 Å². The van der Waals surface area contributed by atoms with Crippen LogP contribution >= 0.6 is 0 Å². The predicted octanol–water partition coefficient (Wildman–Crippen LogP) is 4.57. The van der Waals surface area contributed by atoms with Crippen LogP contribution in [0.3, 0.4) is 0 Å². The summed E-state index contributed by atoms with van der Waals surface area (Å²) in [4.78, 5) is 0. The first-order valence-corrected chi connectivity index (χ1v) is 8.15. The number of rotatable bonds is 6. The fraction of sp³-hybridized carbons (Fsp3) is 0.667. The molecule has 2 unspecified atom stereocenters. The molecule has 0 aliphatic heterocycles. The van der Waals surface area contributed by atoms with Gasteiger partial charge >= 0.3 is 0 Å². The lowest BCUT2D eigenvalue weighted by atomic mass is 9.91. The summed E-state index contributed by atoms with van der Waals surface area (Å²) < 4.78 is 0. The fourth-order valence-electron chi connectivity index (χ4n) is 3.27. The molecule has 0 bridgehead atoms. The van der Waals surface area contributed by atoms with Gasteiger partial charge in [-0.2, -0.15) is 0 Å². The molecule has 0 radical (unpaired) electrons. The highest BCUT2D eigenvalue weighted by molar-refractivity contribution is 5.14. The van der Waals surface area contributed by atoms with Gasteiger partial charge in [-0.3, -0.25) is 0 Å². The molecule has 1 aliphatic rings. The van der Waals surface area contributed by atoms with Gasteiger partial charge in [-0.25, -0.2) is 0 Å². The largest absolute Gasteiger partial charge is 0.314 e. The number of hydrogen-bond acceptors (Lipinski definition) is 1. The quantitative estimate of drug-likeness (QED) is 0.738. The third-order valence-electron chi connectivity index (χ3n) is 4.40. The Morgan fingerprint density at radius 2 is 1.89 bits per heavy atom. The number of hydrogen-bond donors (Lipinski definition) is 1. The maximum Gasteiger partial charge on any atom is 0.00697 e. The zero-order valence-electron chi connectivity index (χ0n) is 12.4. The van der Waals surface area contributed by atoms with Crippen molar-refractivity contribution in [1.82, 2.24) is 5.32 Å². The maximum atomic E-state index is 3.74. The highest BCUT2D eigenvalue weighted by Gasteiger charge is 2.19. The molecule has 2 atom stereocenters. The molecule has 1 nitrogen and oxygen atoms in total. The van der Waals surface area contributed by atoms with E-state index in [1.807, 2.05) is 0 Å². The summed E-state index contributed by atoms with van der Waals surface area (Å²) in [5.41, 5.74) is 1.50. The SMILES string of the molecule is CCCNC1CCCCC(CCc2ccccc2)C1. The van der Waals surface area contributed by atoms with E-state index in [0.29, 0.717) is 0 Å². The average molecular weight is 259 g/mol. The molecule has 1 aromatic rings. The van der Waals surface area contributed by atoms with Gasteiger partial charge in [0.05, 0.1) is 0 Å². The van der Waals surface area contributed by atoms with Crippen molar-refractivity contribution in [2.24, 2.45) is 5.92 Å². The van der Waals surface area contributed by atoms with Crippen molar-refractivity contribution in [3.63, 3.8) is 0 Å². The van der Waals surface area contributed by atoms with Crippen LogP contribution in [0.15, 0.2) is 30.3 Å². The minimum atomic E-state index is 0.781. The topological polar surface area (TPSA) is 12.0 Å². The van der Waals surface area contributed by atoms with Crippen LogP contribution in [0.4, 0.5) is 0 Å². The van der Waals surface area contributed by atoms with Crippen molar-refractivity contribution in [1.29, 1.82) is 0 Å². The molecule has 0 aromatic heterocycles. The van der Waals surface area contributed by atoms with E-state index in [1.165, 1.54) is 63.5 Å². The van der Waals surface area contributed by atoms with Crippen LogP contribution in [0, 0.1) is 5.92 Å². The molecule has 1 fully saturated rings. The maximum absolute atomic E-state index is 3.74. The highest BCUT2D eigenvalue weighted by Crippen LogP contribution is 2.27. The third kappa shape index (κ3) is 5.36. The molecule has 2 rings (SSSR count). The molecule has 1 aromatic carbocycles. The van der Waals surface area contributed by atoms with Crippen molar-refractivity contribution in [2.45, 2.75) is 64.3 Å². The monoisotopic (exact) mass is 259 g/mol. The van der Waals surface area contributed by atoms with Crippen LogP contribution in [0.1, 0.15) is 57.4 Å². The Morgan fingerprint density at radius 1 is 1.11 bits per heavy atom. The molecule has 0 heterocycles. The molecular weight excluding hydrogens is 230 g/mol. The standard InChI is InChI=1S/C18H29N/c1-2-14-19-18-11-7-6-10-17(15-18)13-12-16-8-4-3-5-9-16/h3-5,8-9,17-19H,2,6-7,10-15H2,1H3. The van der Waals surface area contributed by atoms with Gasteiger partial charge in [0.1, 0.15) is 0 Å². The fourth-order valence-corrected chi connectivity index (χ4v) is 3.27. The van der Waals surface area contributed by atoms with Crippen LogP contribution in [0.25, 0.3) is 0 Å². The summed E-state index contributed by atoms with van der Waals surface area (Å²) >= 11 is 0. The van der Waals surface area contributed by atoms with Crippen LogP contribution in [-0.4, -0.2) is 12.6 Å². The summed E-state index contributed by atoms with van der Waals surface area (Å²) in [6.07, 6.45) is 11.0. The summed E-state index contributed by atoms with van der Waals surface area (Å²) in [5, 5.41) is 3.74. The molecule has 1 aliphatic carbocycles. The summed E-state index contributed by atoms with van der Waals surface area (Å²) in [5.74, 6) is 0.928. The Kier molecular flexibility index (Phi) is 6.43. The zero-order chi connectivity index (χ0) is 13.3. The van der Waals surface area contributed by atoms with Gasteiger partial charge in [-0.05, 0) is 50.1 Å². The van der Waals surface area contributed by atoms with E-state index in [-0.39, 0.29) is 0 Å². The van der Waals surface area contributed by atoms with Crippen molar-refractivity contribution in [3.8, 4) is 0 Å². The molecule has 0 spiro atoms. The Balaban J connectivity index is 1.78. The van der Waals surface area contributed by atoms with E-state index in [2.05, 4.69) is 42.6 Å². The van der Waals surface area contributed by atoms with Gasteiger partial charge in [0, 0.05) is 6.04 Å². The Hall–Kier alpha value is -0.820. The highest BCUT2D eigenvalue weighted by atomic mass is 14.9. The van der Waals surface area contributed by atoms with E-state index in [4.69, 9.17) is 0 Å². The Morgan fingerprint density at radius 3 is 2.68 bits per heavy atom. The van der Waals surface area contributed by atoms with Crippen LogP contribution in [-0.2, 0) is 6.42 Å². The molecule has 1 N–H and O–H groups in total. The first-order valence-electron chi connectivity index (χ1n) is 8.15. The van der Waals surface area contributed by atoms with Crippen molar-refractivity contribution < 1.29 is 0 Å². The molecule has 1 heteroatoms. The minimum absolute atomic E-state index is 0.781. The van der Waals surface area contributed by atoms with Crippen LogP contribution in [0.2, 0.25) is 0 Å². The molecule has 1 saturated carbocycles. The van der Waals surface area contributed by atoms with E-state index in [1.54, 1.807) is 0 Å². The van der Waals surface area contributed by atoms with Gasteiger partial charge < -0.3 is 5.32 Å². The zero-order valence-corrected chi connectivity index (χ0v) is 12.4. The second-order valence-corrected chi connectivity index (χ2v) is 6.06. The summed E-state index contributed by atoms with van der Waals surface area (Å²) in [6.45, 7) is 3.45. The van der Waals surface area contributed by atoms with Gasteiger partial charge in [-0.15, -0.1) is 0 Å². The van der Waals surface area contributed by atoms with Gasteiger partial charge in [-0.1, -0.05) is 56.5 Å². The number of nitrogens with one attached hydrogen (secondary N) is 1. The van der Waals surface area contributed by atoms with Crippen LogP contribution < -0.4 is 5.32 Å². The average Bonchev–Trinajstić information content (AvgIpc) is 2.69. The van der Waals surface area contributed by atoms with Gasteiger partial charge in [0.2, 0.25) is 0 Å². The van der Waals surface area contributed by atoms with Gasteiger partial charge in [0.25, 0.3) is 0 Å². The normalized spacial score (nSPS) is 24.1. The Bertz CT molecular complexity index is 333. The lowest BCUT2D eigenvalue weighted by Gasteiger charge is -2.21. The second-order valence-electron chi connectivity index (χ2n) is 6.06. The molecule has 106 valence electrons. The lowest BCUT2D eigenvalue weighted by molar-refractivity contribution is 0.368. The smallest absolute Gasteiger partial charge is 0.00697 e. The molecule has 0 amide bonds. The molecular formula is C18H29N. The summed E-state index contributed by atoms with van der Waals surface area (Å²) in [6, 6.07) is 11.7. The molecule has 19 heavy (non-hydrogen) atoms. The first-order chi connectivity index (χ1) is 9.38. The van der Waals surface area contributed by atoms with Crippen LogP contribution in [0.5, 0.6) is 0 Å². The van der Waals surface area contributed by atoms with Crippen molar-refractivity contribution >= 4 is 0 Å². The third-order valence-corrected chi connectivity index (χ3v) is 4.40. The summed E-state index contributed by atoms with van der Waals surface area (Å²) in [7, 11) is 0. The Labute approximate surface area is 118 Å². The minimum Gasteiger partial charge on any atom is -0.314 e. The van der Waals surface area contributed by atoms with E-state index < -0.39 is 0 Å². The van der Waals surface area contributed by atoms with E-state index in [0.717, 1.165) is 12.0 Å². The molecule has 0 saturated heterocycles.